The van der Waals surface area contributed by atoms with E-state index in [1.807, 2.05) is 11.3 Å². The zero-order valence-electron chi connectivity index (χ0n) is 11.3. The fraction of sp³-hybridized carbons (Fsp3) is 0.733. The van der Waals surface area contributed by atoms with Gasteiger partial charge in [-0.05, 0) is 49.2 Å². The van der Waals surface area contributed by atoms with E-state index in [1.54, 1.807) is 4.88 Å². The number of piperidine rings is 1. The van der Waals surface area contributed by atoms with Crippen LogP contribution in [-0.2, 0) is 13.0 Å². The number of hydrogen-bond acceptors (Lipinski definition) is 3. The third kappa shape index (κ3) is 2.49. The van der Waals surface area contributed by atoms with Crippen molar-refractivity contribution in [3.63, 3.8) is 0 Å². The van der Waals surface area contributed by atoms with Crippen molar-refractivity contribution < 1.29 is 0 Å². The van der Waals surface area contributed by atoms with Gasteiger partial charge in [-0.2, -0.15) is 0 Å². The van der Waals surface area contributed by atoms with Crippen LogP contribution in [0.4, 0.5) is 0 Å². The molecule has 2 aliphatic heterocycles. The van der Waals surface area contributed by atoms with Gasteiger partial charge in [0.2, 0.25) is 0 Å². The number of thiophene rings is 1. The third-order valence-electron chi connectivity index (χ3n) is 4.60. The fourth-order valence-corrected chi connectivity index (χ4v) is 4.47. The summed E-state index contributed by atoms with van der Waals surface area (Å²) in [6.45, 7) is 5.98. The van der Waals surface area contributed by atoms with E-state index in [0.29, 0.717) is 0 Å². The van der Waals surface area contributed by atoms with Crippen molar-refractivity contribution in [2.24, 2.45) is 0 Å². The Morgan fingerprint density at radius 1 is 1.33 bits per heavy atom. The van der Waals surface area contributed by atoms with Gasteiger partial charge in [0.1, 0.15) is 0 Å². The second kappa shape index (κ2) is 5.72. The summed E-state index contributed by atoms with van der Waals surface area (Å²) in [5, 5.41) is 6.06. The quantitative estimate of drug-likeness (QED) is 0.899. The number of rotatable bonds is 4. The molecule has 1 aromatic heterocycles. The molecule has 0 saturated carbocycles. The molecule has 2 unspecified atom stereocenters. The predicted octanol–water partition coefficient (Wildman–Crippen LogP) is 3.03. The molecule has 2 saturated heterocycles. The summed E-state index contributed by atoms with van der Waals surface area (Å²) in [4.78, 5) is 4.25. The minimum atomic E-state index is 0.733. The maximum absolute atomic E-state index is 3.83. The lowest BCUT2D eigenvalue weighted by molar-refractivity contribution is 0.180. The van der Waals surface area contributed by atoms with Crippen molar-refractivity contribution in [3.8, 4) is 0 Å². The van der Waals surface area contributed by atoms with Crippen LogP contribution in [0.15, 0.2) is 11.4 Å². The van der Waals surface area contributed by atoms with Gasteiger partial charge in [0.15, 0.2) is 0 Å². The molecule has 0 aliphatic carbocycles. The van der Waals surface area contributed by atoms with Gasteiger partial charge >= 0.3 is 0 Å². The van der Waals surface area contributed by atoms with E-state index in [9.17, 15) is 0 Å². The monoisotopic (exact) mass is 264 g/mol. The van der Waals surface area contributed by atoms with Crippen LogP contribution in [-0.4, -0.2) is 30.1 Å². The first-order chi connectivity index (χ1) is 8.88. The summed E-state index contributed by atoms with van der Waals surface area (Å²) in [7, 11) is 0. The van der Waals surface area contributed by atoms with E-state index >= 15 is 0 Å². The van der Waals surface area contributed by atoms with Crippen molar-refractivity contribution >= 4 is 11.3 Å². The predicted molar refractivity (Wildman–Crippen MR) is 78.2 cm³/mol. The van der Waals surface area contributed by atoms with Crippen LogP contribution < -0.4 is 5.32 Å². The Bertz CT molecular complexity index is 388. The SMILES string of the molecule is CCc1ccsc1CNC1CCN2CCCCC12. The van der Waals surface area contributed by atoms with Gasteiger partial charge < -0.3 is 5.32 Å². The Labute approximate surface area is 114 Å². The van der Waals surface area contributed by atoms with Crippen LogP contribution >= 0.6 is 11.3 Å². The number of nitrogens with zero attached hydrogens (tertiary/aromatic N) is 1. The molecule has 0 radical (unpaired) electrons. The van der Waals surface area contributed by atoms with Gasteiger partial charge in [-0.15, -0.1) is 11.3 Å². The molecule has 3 heteroatoms. The van der Waals surface area contributed by atoms with Crippen LogP contribution in [0.2, 0.25) is 0 Å². The van der Waals surface area contributed by atoms with Gasteiger partial charge in [0.05, 0.1) is 0 Å². The van der Waals surface area contributed by atoms with Gasteiger partial charge in [-0.1, -0.05) is 13.3 Å². The van der Waals surface area contributed by atoms with E-state index in [1.165, 1.54) is 50.8 Å². The number of hydrogen-bond donors (Lipinski definition) is 1. The first kappa shape index (κ1) is 12.6. The summed E-state index contributed by atoms with van der Waals surface area (Å²) < 4.78 is 0. The molecule has 1 N–H and O–H groups in total. The van der Waals surface area contributed by atoms with E-state index in [4.69, 9.17) is 0 Å². The Morgan fingerprint density at radius 2 is 2.28 bits per heavy atom. The zero-order valence-corrected chi connectivity index (χ0v) is 12.1. The molecule has 2 fully saturated rings. The van der Waals surface area contributed by atoms with Gasteiger partial charge in [-0.3, -0.25) is 4.90 Å². The first-order valence-electron chi connectivity index (χ1n) is 7.41. The van der Waals surface area contributed by atoms with Crippen LogP contribution in [0.5, 0.6) is 0 Å². The highest BCUT2D eigenvalue weighted by atomic mass is 32.1. The molecule has 100 valence electrons. The van der Waals surface area contributed by atoms with E-state index in [-0.39, 0.29) is 0 Å². The van der Waals surface area contributed by atoms with Crippen molar-refractivity contribution in [1.82, 2.24) is 10.2 Å². The largest absolute Gasteiger partial charge is 0.307 e. The van der Waals surface area contributed by atoms with E-state index in [2.05, 4.69) is 28.6 Å². The Hall–Kier alpha value is -0.380. The third-order valence-corrected chi connectivity index (χ3v) is 5.56. The van der Waals surface area contributed by atoms with Crippen molar-refractivity contribution in [1.29, 1.82) is 0 Å². The smallest absolute Gasteiger partial charge is 0.0305 e. The van der Waals surface area contributed by atoms with Gasteiger partial charge in [0.25, 0.3) is 0 Å². The lowest BCUT2D eigenvalue weighted by Crippen LogP contribution is -2.44. The number of fused-ring (bicyclic) bond motifs is 1. The van der Waals surface area contributed by atoms with Crippen molar-refractivity contribution in [2.45, 2.75) is 57.7 Å². The summed E-state index contributed by atoms with van der Waals surface area (Å²) in [6, 6.07) is 3.84. The van der Waals surface area contributed by atoms with E-state index < -0.39 is 0 Å². The molecule has 2 nitrogen and oxygen atoms in total. The van der Waals surface area contributed by atoms with Crippen LogP contribution in [0.3, 0.4) is 0 Å². The van der Waals surface area contributed by atoms with E-state index in [0.717, 1.165) is 18.6 Å². The summed E-state index contributed by atoms with van der Waals surface area (Å²) >= 11 is 1.91. The normalized spacial score (nSPS) is 28.5. The molecule has 2 atom stereocenters. The van der Waals surface area contributed by atoms with Crippen molar-refractivity contribution in [2.75, 3.05) is 13.1 Å². The Morgan fingerprint density at radius 3 is 3.17 bits per heavy atom. The average molecular weight is 264 g/mol. The summed E-state index contributed by atoms with van der Waals surface area (Å²) in [5.41, 5.74) is 1.53. The topological polar surface area (TPSA) is 15.3 Å². The number of aryl methyl sites for hydroxylation is 1. The number of nitrogens with one attached hydrogen (secondary N) is 1. The molecular formula is C15H24N2S. The standard InChI is InChI=1S/C15H24N2S/c1-2-12-7-10-18-15(12)11-16-13-6-9-17-8-4-3-5-14(13)17/h7,10,13-14,16H,2-6,8-9,11H2,1H3. The molecule has 2 aliphatic rings. The molecule has 3 rings (SSSR count). The minimum absolute atomic E-state index is 0.733. The van der Waals surface area contributed by atoms with Crippen LogP contribution in [0.1, 0.15) is 43.0 Å². The van der Waals surface area contributed by atoms with Gasteiger partial charge in [-0.25, -0.2) is 0 Å². The minimum Gasteiger partial charge on any atom is -0.307 e. The van der Waals surface area contributed by atoms with Crippen LogP contribution in [0.25, 0.3) is 0 Å². The second-order valence-electron chi connectivity index (χ2n) is 5.60. The molecule has 3 heterocycles. The van der Waals surface area contributed by atoms with Crippen molar-refractivity contribution in [3.05, 3.63) is 21.9 Å². The Balaban J connectivity index is 1.57. The maximum Gasteiger partial charge on any atom is 0.0305 e. The molecule has 0 spiro atoms. The average Bonchev–Trinajstić information content (AvgIpc) is 3.02. The lowest BCUT2D eigenvalue weighted by atomic mass is 9.99. The maximum atomic E-state index is 3.83. The summed E-state index contributed by atoms with van der Waals surface area (Å²) in [6.07, 6.45) is 6.76. The van der Waals surface area contributed by atoms with Crippen LogP contribution in [0, 0.1) is 0 Å². The molecule has 0 bridgehead atoms. The molecule has 1 aromatic rings. The lowest BCUT2D eigenvalue weighted by Gasteiger charge is -2.32. The molecule has 0 aromatic carbocycles. The molecule has 18 heavy (non-hydrogen) atoms. The zero-order chi connectivity index (χ0) is 12.4. The van der Waals surface area contributed by atoms with Gasteiger partial charge in [0, 0.05) is 30.1 Å². The fourth-order valence-electron chi connectivity index (χ4n) is 3.55. The molecule has 0 amide bonds. The molecular weight excluding hydrogens is 240 g/mol. The first-order valence-corrected chi connectivity index (χ1v) is 8.29. The Kier molecular flexibility index (Phi) is 4.02. The summed E-state index contributed by atoms with van der Waals surface area (Å²) in [5.74, 6) is 0. The highest BCUT2D eigenvalue weighted by Crippen LogP contribution is 2.27. The highest BCUT2D eigenvalue weighted by Gasteiger charge is 2.34. The highest BCUT2D eigenvalue weighted by molar-refractivity contribution is 7.10. The second-order valence-corrected chi connectivity index (χ2v) is 6.60.